The highest BCUT2D eigenvalue weighted by Crippen LogP contribution is 2.16. The third-order valence-electron chi connectivity index (χ3n) is 2.84. The second kappa shape index (κ2) is 5.67. The Kier molecular flexibility index (Phi) is 3.72. The van der Waals surface area contributed by atoms with E-state index in [-0.39, 0.29) is 0 Å². The minimum Gasteiger partial charge on any atom is -0.359 e. The summed E-state index contributed by atoms with van der Waals surface area (Å²) in [6, 6.07) is 11.8. The summed E-state index contributed by atoms with van der Waals surface area (Å²) in [4.78, 5) is 0.989. The molecular formula is C14H9ClN2O3S. The van der Waals surface area contributed by atoms with Crippen molar-refractivity contribution in [2.24, 2.45) is 0 Å². The Labute approximate surface area is 127 Å². The van der Waals surface area contributed by atoms with E-state index in [0.29, 0.717) is 25.9 Å². The van der Waals surface area contributed by atoms with Crippen LogP contribution in [0.25, 0.3) is 17.1 Å². The lowest BCUT2D eigenvalue weighted by Gasteiger charge is -1.97. The quantitative estimate of drug-likeness (QED) is 0.696. The zero-order valence-electron chi connectivity index (χ0n) is 10.6. The number of rotatable bonds is 3. The van der Waals surface area contributed by atoms with Gasteiger partial charge in [0.15, 0.2) is 0 Å². The first-order valence-electron chi connectivity index (χ1n) is 5.97. The summed E-state index contributed by atoms with van der Waals surface area (Å²) in [6.07, 6.45) is 1.68. The minimum atomic E-state index is -1.28. The summed E-state index contributed by atoms with van der Waals surface area (Å²) in [6.45, 7) is 0. The fourth-order valence-electron chi connectivity index (χ4n) is 1.78. The summed E-state index contributed by atoms with van der Waals surface area (Å²) < 4.78 is 16.6. The maximum atomic E-state index is 12.1. The molecule has 7 heteroatoms. The fraction of sp³-hybridized carbons (Fsp3) is 0. The Morgan fingerprint density at radius 2 is 2.00 bits per heavy atom. The second-order valence-electron chi connectivity index (χ2n) is 4.23. The number of hydrogen-bond donors (Lipinski definition) is 0. The molecule has 2 aromatic carbocycles. The van der Waals surface area contributed by atoms with Crippen LogP contribution in [0.3, 0.4) is 0 Å². The molecule has 1 heterocycles. The molecule has 0 bridgehead atoms. The molecule has 5 nitrogen and oxygen atoms in total. The summed E-state index contributed by atoms with van der Waals surface area (Å²) in [5, 5.41) is 17.0. The van der Waals surface area contributed by atoms with Gasteiger partial charge in [0.1, 0.15) is 0 Å². The standard InChI is InChI=1S/C14H9ClN2O3S/c15-11-2-4-12(5-3-11)21(19)8-7-10-1-6-13-14(9-10)17(18)20-16-13/h1-9H/b8-7-. The molecule has 0 fully saturated rings. The highest BCUT2D eigenvalue weighted by atomic mass is 35.5. The highest BCUT2D eigenvalue weighted by Gasteiger charge is 2.08. The molecule has 0 aliphatic carbocycles. The van der Waals surface area contributed by atoms with Gasteiger partial charge in [0.2, 0.25) is 11.0 Å². The van der Waals surface area contributed by atoms with Crippen LogP contribution in [0.1, 0.15) is 5.56 Å². The van der Waals surface area contributed by atoms with Crippen LogP contribution >= 0.6 is 11.6 Å². The lowest BCUT2D eigenvalue weighted by atomic mass is 10.2. The normalized spacial score (nSPS) is 13.0. The molecule has 0 aliphatic rings. The minimum absolute atomic E-state index is 0.328. The van der Waals surface area contributed by atoms with E-state index < -0.39 is 10.8 Å². The van der Waals surface area contributed by atoms with Crippen molar-refractivity contribution in [1.29, 1.82) is 0 Å². The van der Waals surface area contributed by atoms with Crippen molar-refractivity contribution in [3.63, 3.8) is 0 Å². The number of benzene rings is 2. The summed E-state index contributed by atoms with van der Waals surface area (Å²) in [5.41, 5.74) is 1.54. The monoisotopic (exact) mass is 320 g/mol. The summed E-state index contributed by atoms with van der Waals surface area (Å²) >= 11 is 5.79. The molecule has 0 amide bonds. The van der Waals surface area contributed by atoms with E-state index in [2.05, 4.69) is 9.79 Å². The van der Waals surface area contributed by atoms with Crippen molar-refractivity contribution in [3.05, 3.63) is 63.7 Å². The van der Waals surface area contributed by atoms with Crippen molar-refractivity contribution in [3.8, 4) is 0 Å². The molecule has 1 atom stereocenters. The maximum absolute atomic E-state index is 12.1. The third kappa shape index (κ3) is 2.96. The van der Waals surface area contributed by atoms with Gasteiger partial charge in [0.05, 0.1) is 10.8 Å². The van der Waals surface area contributed by atoms with Crippen LogP contribution in [0.2, 0.25) is 5.02 Å². The van der Waals surface area contributed by atoms with Crippen LogP contribution < -0.4 is 4.90 Å². The Morgan fingerprint density at radius 1 is 1.24 bits per heavy atom. The van der Waals surface area contributed by atoms with Crippen LogP contribution in [-0.2, 0) is 10.8 Å². The molecule has 0 spiro atoms. The SMILES string of the molecule is O=S(/C=C\c1ccc2no[n+]([O-])c2c1)c1ccc(Cl)cc1. The van der Waals surface area contributed by atoms with E-state index in [1.54, 1.807) is 53.9 Å². The maximum Gasteiger partial charge on any atom is 0.248 e. The molecule has 1 aromatic heterocycles. The zero-order chi connectivity index (χ0) is 14.8. The van der Waals surface area contributed by atoms with Crippen molar-refractivity contribution >= 4 is 39.5 Å². The second-order valence-corrected chi connectivity index (χ2v) is 6.01. The largest absolute Gasteiger partial charge is 0.359 e. The van der Waals surface area contributed by atoms with Gasteiger partial charge in [-0.1, -0.05) is 17.7 Å². The average Bonchev–Trinajstić information content (AvgIpc) is 2.87. The van der Waals surface area contributed by atoms with Crippen molar-refractivity contribution in [2.75, 3.05) is 0 Å². The van der Waals surface area contributed by atoms with Crippen LogP contribution in [-0.4, -0.2) is 9.37 Å². The van der Waals surface area contributed by atoms with Gasteiger partial charge in [-0.15, -0.1) is 0 Å². The smallest absolute Gasteiger partial charge is 0.248 e. The van der Waals surface area contributed by atoms with Crippen molar-refractivity contribution in [2.45, 2.75) is 4.90 Å². The van der Waals surface area contributed by atoms with Gasteiger partial charge >= 0.3 is 0 Å². The Morgan fingerprint density at radius 3 is 2.76 bits per heavy atom. The van der Waals surface area contributed by atoms with Gasteiger partial charge in [-0.3, -0.25) is 4.63 Å². The Hall–Kier alpha value is -2.18. The third-order valence-corrected chi connectivity index (χ3v) is 4.21. The number of hydrogen-bond acceptors (Lipinski definition) is 4. The topological polar surface area (TPSA) is 70.0 Å². The molecule has 21 heavy (non-hydrogen) atoms. The van der Waals surface area contributed by atoms with E-state index in [9.17, 15) is 9.42 Å². The molecule has 0 radical (unpaired) electrons. The number of nitrogens with zero attached hydrogens (tertiary/aromatic N) is 2. The van der Waals surface area contributed by atoms with Crippen LogP contribution in [0, 0.1) is 5.21 Å². The molecule has 1 unspecified atom stereocenters. The first kappa shape index (κ1) is 13.8. The predicted molar refractivity (Wildman–Crippen MR) is 79.9 cm³/mol. The van der Waals surface area contributed by atoms with Crippen LogP contribution in [0.15, 0.2) is 57.4 Å². The molecule has 0 N–H and O–H groups in total. The fourth-order valence-corrected chi connectivity index (χ4v) is 2.75. The van der Waals surface area contributed by atoms with Gasteiger partial charge < -0.3 is 5.21 Å². The lowest BCUT2D eigenvalue weighted by Crippen LogP contribution is -2.22. The zero-order valence-corrected chi connectivity index (χ0v) is 12.2. The lowest BCUT2D eigenvalue weighted by molar-refractivity contribution is -0.782. The van der Waals surface area contributed by atoms with Gasteiger partial charge in [0, 0.05) is 26.5 Å². The molecule has 3 rings (SSSR count). The molecule has 106 valence electrons. The van der Waals surface area contributed by atoms with Crippen molar-refractivity contribution in [1.82, 2.24) is 5.16 Å². The Balaban J connectivity index is 1.85. The molecule has 0 saturated carbocycles. The number of fused-ring (bicyclic) bond motifs is 1. The number of halogens is 1. The highest BCUT2D eigenvalue weighted by molar-refractivity contribution is 7.88. The predicted octanol–water partition coefficient (Wildman–Crippen LogP) is 2.89. The van der Waals surface area contributed by atoms with Crippen molar-refractivity contribution < 1.29 is 13.7 Å². The van der Waals surface area contributed by atoms with Gasteiger partial charge in [-0.2, -0.15) is 0 Å². The number of aromatic nitrogens is 2. The average molecular weight is 321 g/mol. The van der Waals surface area contributed by atoms with Gasteiger partial charge in [0.25, 0.3) is 0 Å². The molecular weight excluding hydrogens is 312 g/mol. The molecule has 0 saturated heterocycles. The summed E-state index contributed by atoms with van der Waals surface area (Å²) in [5.74, 6) is 0. The molecule has 3 aromatic rings. The van der Waals surface area contributed by atoms with E-state index in [4.69, 9.17) is 11.6 Å². The summed E-state index contributed by atoms with van der Waals surface area (Å²) in [7, 11) is -1.28. The van der Waals surface area contributed by atoms with E-state index >= 15 is 0 Å². The van der Waals surface area contributed by atoms with Gasteiger partial charge in [-0.25, -0.2) is 4.21 Å². The first-order valence-corrected chi connectivity index (χ1v) is 7.56. The van der Waals surface area contributed by atoms with E-state index in [0.717, 1.165) is 5.56 Å². The van der Waals surface area contributed by atoms with Gasteiger partial charge in [-0.05, 0) is 46.9 Å². The molecule has 0 aliphatic heterocycles. The van der Waals surface area contributed by atoms with Crippen LogP contribution in [0.4, 0.5) is 0 Å². The Bertz CT molecular complexity index is 843. The van der Waals surface area contributed by atoms with E-state index in [1.165, 1.54) is 0 Å². The first-order chi connectivity index (χ1) is 10.1. The van der Waals surface area contributed by atoms with E-state index in [1.807, 2.05) is 0 Å². The van der Waals surface area contributed by atoms with Crippen LogP contribution in [0.5, 0.6) is 0 Å².